The molecule has 39 heavy (non-hydrogen) atoms. The number of imidazole rings is 1. The molecule has 12 nitrogen and oxygen atoms in total. The van der Waals surface area contributed by atoms with Crippen molar-refractivity contribution in [1.29, 1.82) is 0 Å². The number of aromatic nitrogens is 2. The lowest BCUT2D eigenvalue weighted by Gasteiger charge is -2.22. The number of para-hydroxylation sites is 2. The second kappa shape index (κ2) is 12.9. The lowest BCUT2D eigenvalue weighted by Crippen LogP contribution is -2.49. The molecule has 3 amide bonds. The van der Waals surface area contributed by atoms with Gasteiger partial charge in [-0.2, -0.15) is 0 Å². The summed E-state index contributed by atoms with van der Waals surface area (Å²) in [5.74, 6) is -1.43. The van der Waals surface area contributed by atoms with E-state index in [1.54, 1.807) is 49.9 Å². The highest BCUT2D eigenvalue weighted by Crippen LogP contribution is 2.15. The van der Waals surface area contributed by atoms with Gasteiger partial charge in [-0.3, -0.25) is 9.59 Å². The van der Waals surface area contributed by atoms with Crippen molar-refractivity contribution in [3.05, 3.63) is 65.5 Å². The highest BCUT2D eigenvalue weighted by atomic mass is 16.6. The fourth-order valence-corrected chi connectivity index (χ4v) is 3.64. The number of fused-ring (bicyclic) bond motifs is 1. The first kappa shape index (κ1) is 29.1. The van der Waals surface area contributed by atoms with Crippen molar-refractivity contribution in [2.24, 2.45) is 0 Å². The van der Waals surface area contributed by atoms with E-state index in [1.807, 2.05) is 24.3 Å². The highest BCUT2D eigenvalue weighted by molar-refractivity contribution is 5.94. The number of carboxylic acid groups (broad SMARTS) is 1. The van der Waals surface area contributed by atoms with E-state index in [0.717, 1.165) is 16.6 Å². The molecule has 0 aliphatic carbocycles. The van der Waals surface area contributed by atoms with E-state index in [1.165, 1.54) is 7.11 Å². The molecule has 2 aromatic carbocycles. The Balaban J connectivity index is 1.62. The number of rotatable bonds is 11. The minimum Gasteiger partial charge on any atom is -0.480 e. The van der Waals surface area contributed by atoms with Gasteiger partial charge >= 0.3 is 12.1 Å². The van der Waals surface area contributed by atoms with Gasteiger partial charge in [-0.1, -0.05) is 24.3 Å². The van der Waals surface area contributed by atoms with Gasteiger partial charge in [0.25, 0.3) is 5.91 Å². The van der Waals surface area contributed by atoms with Gasteiger partial charge in [-0.25, -0.2) is 14.6 Å². The molecule has 3 aromatic rings. The molecule has 3 rings (SSSR count). The summed E-state index contributed by atoms with van der Waals surface area (Å²) in [5.41, 5.74) is 1.92. The monoisotopic (exact) mass is 539 g/mol. The molecule has 208 valence electrons. The number of benzene rings is 2. The summed E-state index contributed by atoms with van der Waals surface area (Å²) in [6.45, 7) is 5.01. The molecule has 0 radical (unpaired) electrons. The van der Waals surface area contributed by atoms with Gasteiger partial charge in [0.15, 0.2) is 0 Å². The highest BCUT2D eigenvalue weighted by Gasteiger charge is 2.24. The number of nitrogens with one attached hydrogen (secondary N) is 3. The van der Waals surface area contributed by atoms with E-state index < -0.39 is 29.6 Å². The third kappa shape index (κ3) is 8.82. The van der Waals surface area contributed by atoms with Crippen LogP contribution in [0, 0.1) is 0 Å². The van der Waals surface area contributed by atoms with Crippen LogP contribution in [-0.2, 0) is 32.2 Å². The molecule has 0 aliphatic rings. The van der Waals surface area contributed by atoms with Crippen molar-refractivity contribution in [2.45, 2.75) is 45.5 Å². The fourth-order valence-electron chi connectivity index (χ4n) is 3.64. The Morgan fingerprint density at radius 1 is 1.05 bits per heavy atom. The van der Waals surface area contributed by atoms with Crippen LogP contribution in [-0.4, -0.2) is 75.8 Å². The summed E-state index contributed by atoms with van der Waals surface area (Å²) in [5, 5.41) is 14.1. The summed E-state index contributed by atoms with van der Waals surface area (Å²) in [6.07, 6.45) is -0.899. The van der Waals surface area contributed by atoms with E-state index in [4.69, 9.17) is 9.47 Å². The van der Waals surface area contributed by atoms with Crippen molar-refractivity contribution in [3.63, 3.8) is 0 Å². The molecule has 0 spiro atoms. The van der Waals surface area contributed by atoms with Crippen LogP contribution in [0.15, 0.2) is 48.5 Å². The quantitative estimate of drug-likeness (QED) is 0.289. The molecule has 1 atom stereocenters. The second-order valence-electron chi connectivity index (χ2n) is 9.83. The SMILES string of the molecule is COCC(=O)N(Cc1ccc(C(=O)NC[C@H](NC(=O)OC(C)(C)C)C(=O)O)cc1)Cc1nc2ccccc2[nH]1. The van der Waals surface area contributed by atoms with Gasteiger partial charge in [0.1, 0.15) is 24.1 Å². The normalized spacial score (nSPS) is 12.0. The molecule has 4 N–H and O–H groups in total. The van der Waals surface area contributed by atoms with Gasteiger partial charge in [0.2, 0.25) is 5.91 Å². The Morgan fingerprint density at radius 3 is 2.36 bits per heavy atom. The Bertz CT molecular complexity index is 1280. The van der Waals surface area contributed by atoms with E-state index >= 15 is 0 Å². The number of aromatic amines is 1. The van der Waals surface area contributed by atoms with Crippen LogP contribution in [0.2, 0.25) is 0 Å². The molecule has 0 bridgehead atoms. The number of H-pyrrole nitrogens is 1. The van der Waals surface area contributed by atoms with E-state index in [-0.39, 0.29) is 37.7 Å². The summed E-state index contributed by atoms with van der Waals surface area (Å²) >= 11 is 0. The van der Waals surface area contributed by atoms with Crippen molar-refractivity contribution < 1.29 is 33.8 Å². The predicted molar refractivity (Wildman–Crippen MR) is 142 cm³/mol. The number of hydrogen-bond donors (Lipinski definition) is 4. The van der Waals surface area contributed by atoms with Crippen LogP contribution < -0.4 is 10.6 Å². The molecule has 0 aliphatic heterocycles. The average molecular weight is 540 g/mol. The maximum Gasteiger partial charge on any atom is 0.408 e. The van der Waals surface area contributed by atoms with Crippen LogP contribution in [0.3, 0.4) is 0 Å². The lowest BCUT2D eigenvalue weighted by atomic mass is 10.1. The van der Waals surface area contributed by atoms with Crippen LogP contribution in [0.1, 0.15) is 42.5 Å². The van der Waals surface area contributed by atoms with Gasteiger partial charge < -0.3 is 35.1 Å². The topological polar surface area (TPSA) is 163 Å². The number of carbonyl (C=O) groups is 4. The van der Waals surface area contributed by atoms with Crippen molar-refractivity contribution >= 4 is 34.9 Å². The third-order valence-electron chi connectivity index (χ3n) is 5.44. The van der Waals surface area contributed by atoms with Crippen molar-refractivity contribution in [1.82, 2.24) is 25.5 Å². The average Bonchev–Trinajstić information content (AvgIpc) is 3.27. The van der Waals surface area contributed by atoms with Crippen molar-refractivity contribution in [2.75, 3.05) is 20.3 Å². The third-order valence-corrected chi connectivity index (χ3v) is 5.44. The molecule has 0 saturated heterocycles. The number of aliphatic carboxylic acids is 1. The zero-order valence-electron chi connectivity index (χ0n) is 22.3. The fraction of sp³-hybridized carbons (Fsp3) is 0.370. The number of methoxy groups -OCH3 is 1. The maximum atomic E-state index is 12.7. The molecule has 1 aromatic heterocycles. The number of carbonyl (C=O) groups excluding carboxylic acids is 3. The molecule has 0 saturated carbocycles. The maximum absolute atomic E-state index is 12.7. The van der Waals surface area contributed by atoms with Crippen LogP contribution >= 0.6 is 0 Å². The van der Waals surface area contributed by atoms with Crippen molar-refractivity contribution in [3.8, 4) is 0 Å². The van der Waals surface area contributed by atoms with Crippen LogP contribution in [0.25, 0.3) is 11.0 Å². The molecular formula is C27H33N5O7. The minimum absolute atomic E-state index is 0.0945. The first-order valence-electron chi connectivity index (χ1n) is 12.2. The van der Waals surface area contributed by atoms with Crippen LogP contribution in [0.4, 0.5) is 4.79 Å². The number of amides is 3. The zero-order valence-corrected chi connectivity index (χ0v) is 22.3. The number of carboxylic acids is 1. The van der Waals surface area contributed by atoms with Gasteiger partial charge in [-0.15, -0.1) is 0 Å². The van der Waals surface area contributed by atoms with Gasteiger partial charge in [-0.05, 0) is 50.6 Å². The Kier molecular flexibility index (Phi) is 9.61. The summed E-state index contributed by atoms with van der Waals surface area (Å²) in [6, 6.07) is 12.7. The first-order chi connectivity index (χ1) is 18.4. The largest absolute Gasteiger partial charge is 0.480 e. The number of ether oxygens (including phenoxy) is 2. The van der Waals surface area contributed by atoms with Gasteiger partial charge in [0, 0.05) is 25.8 Å². The molecule has 12 heteroatoms. The zero-order chi connectivity index (χ0) is 28.6. The van der Waals surface area contributed by atoms with E-state index in [0.29, 0.717) is 5.82 Å². The number of hydrogen-bond acceptors (Lipinski definition) is 7. The summed E-state index contributed by atoms with van der Waals surface area (Å²) < 4.78 is 10.1. The van der Waals surface area contributed by atoms with Crippen LogP contribution in [0.5, 0.6) is 0 Å². The van der Waals surface area contributed by atoms with Gasteiger partial charge in [0.05, 0.1) is 17.6 Å². The van der Waals surface area contributed by atoms with E-state index in [2.05, 4.69) is 20.6 Å². The Labute approximate surface area is 225 Å². The predicted octanol–water partition coefficient (Wildman–Crippen LogP) is 2.45. The number of alkyl carbamates (subject to hydrolysis) is 1. The number of nitrogens with zero attached hydrogens (tertiary/aromatic N) is 2. The molecule has 1 heterocycles. The lowest BCUT2D eigenvalue weighted by molar-refractivity contribution is -0.139. The first-order valence-corrected chi connectivity index (χ1v) is 12.2. The molecule has 0 unspecified atom stereocenters. The molecular weight excluding hydrogens is 506 g/mol. The smallest absolute Gasteiger partial charge is 0.408 e. The second-order valence-corrected chi connectivity index (χ2v) is 9.83. The standard InChI is InChI=1S/C27H33N5O7/c1-27(2,3)39-26(37)31-21(25(35)36)13-28-24(34)18-11-9-17(10-12-18)14-32(23(33)16-38-4)15-22-29-19-7-5-6-8-20(19)30-22/h5-12,21H,13-16H2,1-4H3,(H,28,34)(H,29,30)(H,31,37)(H,35,36)/t21-/m0/s1. The molecule has 0 fully saturated rings. The summed E-state index contributed by atoms with van der Waals surface area (Å²) in [4.78, 5) is 58.1. The van der Waals surface area contributed by atoms with E-state index in [9.17, 15) is 24.3 Å². The summed E-state index contributed by atoms with van der Waals surface area (Å²) in [7, 11) is 1.45. The minimum atomic E-state index is -1.37. The Morgan fingerprint density at radius 2 is 1.74 bits per heavy atom. The Hall–Kier alpha value is -4.45.